The lowest BCUT2D eigenvalue weighted by Crippen LogP contribution is -2.14. The third-order valence-corrected chi connectivity index (χ3v) is 5.51. The maximum atomic E-state index is 12.4. The zero-order valence-electron chi connectivity index (χ0n) is 18.6. The first-order chi connectivity index (χ1) is 15.4. The first kappa shape index (κ1) is 23.3. The van der Waals surface area contributed by atoms with Crippen LogP contribution in [0.2, 0.25) is 0 Å². The number of carbonyl (C=O) groups excluding carboxylic acids is 2. The summed E-state index contributed by atoms with van der Waals surface area (Å²) in [4.78, 5) is 33.7. The van der Waals surface area contributed by atoms with Crippen LogP contribution in [0, 0.1) is 13.8 Å². The molecule has 1 heterocycles. The number of nitrogens with one attached hydrogen (secondary N) is 2. The van der Waals surface area contributed by atoms with Crippen molar-refractivity contribution in [3.8, 4) is 5.75 Å². The normalized spacial score (nSPS) is 10.5. The van der Waals surface area contributed by atoms with Crippen LogP contribution in [0.5, 0.6) is 5.75 Å². The largest absolute Gasteiger partial charge is 0.497 e. The fourth-order valence-corrected chi connectivity index (χ4v) is 3.66. The minimum absolute atomic E-state index is 0.104. The molecule has 2 amide bonds. The lowest BCUT2D eigenvalue weighted by atomic mass is 10.1. The van der Waals surface area contributed by atoms with E-state index in [0.29, 0.717) is 29.8 Å². The van der Waals surface area contributed by atoms with E-state index in [2.05, 4.69) is 20.6 Å². The minimum atomic E-state index is -0.229. The molecule has 3 rings (SSSR count). The van der Waals surface area contributed by atoms with Crippen molar-refractivity contribution in [2.45, 2.75) is 31.8 Å². The van der Waals surface area contributed by atoms with E-state index in [1.807, 2.05) is 20.1 Å². The van der Waals surface area contributed by atoms with Gasteiger partial charge in [0.25, 0.3) is 5.91 Å². The molecule has 7 nitrogen and oxygen atoms in total. The second-order valence-corrected chi connectivity index (χ2v) is 7.94. The maximum Gasteiger partial charge on any atom is 0.255 e. The van der Waals surface area contributed by atoms with Crippen molar-refractivity contribution in [3.05, 3.63) is 71.0 Å². The second-order valence-electron chi connectivity index (χ2n) is 7.17. The third-order valence-electron chi connectivity index (χ3n) is 4.96. The highest BCUT2D eigenvalue weighted by atomic mass is 32.2. The van der Waals surface area contributed by atoms with Crippen molar-refractivity contribution in [2.75, 3.05) is 24.0 Å². The van der Waals surface area contributed by atoms with Crippen molar-refractivity contribution < 1.29 is 14.3 Å². The van der Waals surface area contributed by atoms with Crippen LogP contribution in [0.4, 0.5) is 11.4 Å². The molecular formula is C24H26N4O3S. The van der Waals surface area contributed by atoms with E-state index >= 15 is 0 Å². The van der Waals surface area contributed by atoms with Gasteiger partial charge in [0.05, 0.1) is 7.11 Å². The van der Waals surface area contributed by atoms with Crippen LogP contribution in [-0.2, 0) is 11.2 Å². The lowest BCUT2D eigenvalue weighted by molar-refractivity contribution is -0.116. The van der Waals surface area contributed by atoms with Crippen LogP contribution in [0.1, 0.15) is 33.7 Å². The summed E-state index contributed by atoms with van der Waals surface area (Å²) in [5, 5.41) is 6.44. The Kier molecular flexibility index (Phi) is 7.83. The molecule has 0 saturated heterocycles. The molecule has 0 aliphatic rings. The zero-order valence-corrected chi connectivity index (χ0v) is 19.4. The van der Waals surface area contributed by atoms with E-state index in [9.17, 15) is 9.59 Å². The Morgan fingerprint density at radius 1 is 0.906 bits per heavy atom. The number of carbonyl (C=O) groups is 2. The first-order valence-corrected chi connectivity index (χ1v) is 11.4. The van der Waals surface area contributed by atoms with E-state index in [-0.39, 0.29) is 11.8 Å². The third kappa shape index (κ3) is 6.07. The summed E-state index contributed by atoms with van der Waals surface area (Å²) in [6.07, 6.45) is 2.83. The average molecular weight is 451 g/mol. The summed E-state index contributed by atoms with van der Waals surface area (Å²) < 4.78 is 5.11. The number of benzene rings is 2. The molecule has 32 heavy (non-hydrogen) atoms. The Bertz CT molecular complexity index is 1080. The Labute approximate surface area is 192 Å². The fourth-order valence-electron chi connectivity index (χ4n) is 3.21. The molecule has 2 N–H and O–H groups in total. The van der Waals surface area contributed by atoms with Gasteiger partial charge in [-0.2, -0.15) is 0 Å². The average Bonchev–Trinajstić information content (AvgIpc) is 2.79. The summed E-state index contributed by atoms with van der Waals surface area (Å²) in [5.74, 6) is 0.388. The molecule has 0 unspecified atom stereocenters. The molecule has 0 saturated carbocycles. The van der Waals surface area contributed by atoms with Crippen LogP contribution >= 0.6 is 11.8 Å². The zero-order chi connectivity index (χ0) is 23.1. The fraction of sp³-hybridized carbons (Fsp3) is 0.250. The molecule has 0 bridgehead atoms. The van der Waals surface area contributed by atoms with Gasteiger partial charge in [-0.3, -0.25) is 9.59 Å². The number of rotatable bonds is 8. The van der Waals surface area contributed by atoms with Crippen LogP contribution in [0.15, 0.2) is 53.7 Å². The van der Waals surface area contributed by atoms with Gasteiger partial charge in [0, 0.05) is 34.7 Å². The summed E-state index contributed by atoms with van der Waals surface area (Å²) in [5.41, 5.74) is 4.62. The number of hydrogen-bond donors (Lipinski definition) is 2. The van der Waals surface area contributed by atoms with Gasteiger partial charge in [-0.25, -0.2) is 9.97 Å². The van der Waals surface area contributed by atoms with Crippen molar-refractivity contribution in [1.29, 1.82) is 0 Å². The minimum Gasteiger partial charge on any atom is -0.497 e. The number of amides is 2. The van der Waals surface area contributed by atoms with Gasteiger partial charge in [0.2, 0.25) is 5.91 Å². The Morgan fingerprint density at radius 3 is 2.03 bits per heavy atom. The summed E-state index contributed by atoms with van der Waals surface area (Å²) in [6.45, 7) is 3.88. The highest BCUT2D eigenvalue weighted by Crippen LogP contribution is 2.19. The predicted molar refractivity (Wildman–Crippen MR) is 128 cm³/mol. The molecule has 2 aromatic carbocycles. The molecule has 0 aliphatic carbocycles. The number of aryl methyl sites for hydroxylation is 2. The van der Waals surface area contributed by atoms with Crippen LogP contribution in [-0.4, -0.2) is 35.1 Å². The number of aromatic nitrogens is 2. The Hall–Kier alpha value is -3.39. The van der Waals surface area contributed by atoms with Gasteiger partial charge in [-0.05, 0) is 80.6 Å². The van der Waals surface area contributed by atoms with Crippen LogP contribution in [0.3, 0.4) is 0 Å². The standard InChI is InChI=1S/C24H26N4O3S/c1-15-21(16(2)26-24(25-15)32-4)13-14-22(29)27-18-7-5-17(6-8-18)23(30)28-19-9-11-20(31-3)12-10-19/h5-12H,13-14H2,1-4H3,(H,27,29)(H,28,30). The number of methoxy groups -OCH3 is 1. The lowest BCUT2D eigenvalue weighted by Gasteiger charge is -2.11. The molecule has 3 aromatic rings. The molecule has 0 atom stereocenters. The van der Waals surface area contributed by atoms with Crippen LogP contribution < -0.4 is 15.4 Å². The summed E-state index contributed by atoms with van der Waals surface area (Å²) in [6, 6.07) is 13.9. The molecule has 0 spiro atoms. The monoisotopic (exact) mass is 450 g/mol. The van der Waals surface area contributed by atoms with Gasteiger partial charge in [0.1, 0.15) is 5.75 Å². The SMILES string of the molecule is COc1ccc(NC(=O)c2ccc(NC(=O)CCc3c(C)nc(SC)nc3C)cc2)cc1. The quantitative estimate of drug-likeness (QED) is 0.383. The van der Waals surface area contributed by atoms with E-state index < -0.39 is 0 Å². The molecular weight excluding hydrogens is 424 g/mol. The van der Waals surface area contributed by atoms with Crippen LogP contribution in [0.25, 0.3) is 0 Å². The summed E-state index contributed by atoms with van der Waals surface area (Å²) in [7, 11) is 1.59. The van der Waals surface area contributed by atoms with Gasteiger partial charge in [-0.1, -0.05) is 11.8 Å². The molecule has 8 heteroatoms. The van der Waals surface area contributed by atoms with E-state index in [0.717, 1.165) is 27.9 Å². The summed E-state index contributed by atoms with van der Waals surface area (Å²) >= 11 is 1.50. The number of anilines is 2. The van der Waals surface area contributed by atoms with Crippen molar-refractivity contribution in [2.24, 2.45) is 0 Å². The van der Waals surface area contributed by atoms with Gasteiger partial charge in [-0.15, -0.1) is 0 Å². The molecule has 1 aromatic heterocycles. The number of nitrogens with zero attached hydrogens (tertiary/aromatic N) is 2. The predicted octanol–water partition coefficient (Wildman–Crippen LogP) is 4.65. The van der Waals surface area contributed by atoms with Gasteiger partial charge >= 0.3 is 0 Å². The van der Waals surface area contributed by atoms with E-state index in [4.69, 9.17) is 4.74 Å². The smallest absolute Gasteiger partial charge is 0.255 e. The Morgan fingerprint density at radius 2 is 1.47 bits per heavy atom. The van der Waals surface area contributed by atoms with Crippen molar-refractivity contribution >= 4 is 35.0 Å². The number of ether oxygens (including phenoxy) is 1. The van der Waals surface area contributed by atoms with Crippen molar-refractivity contribution in [3.63, 3.8) is 0 Å². The van der Waals surface area contributed by atoms with Crippen molar-refractivity contribution in [1.82, 2.24) is 9.97 Å². The maximum absolute atomic E-state index is 12.4. The second kappa shape index (κ2) is 10.8. The topological polar surface area (TPSA) is 93.2 Å². The molecule has 0 aliphatic heterocycles. The first-order valence-electron chi connectivity index (χ1n) is 10.1. The van der Waals surface area contributed by atoms with E-state index in [1.54, 1.807) is 55.6 Å². The van der Waals surface area contributed by atoms with Gasteiger partial charge in [0.15, 0.2) is 5.16 Å². The number of hydrogen-bond acceptors (Lipinski definition) is 6. The number of thioether (sulfide) groups is 1. The molecule has 0 fully saturated rings. The van der Waals surface area contributed by atoms with Gasteiger partial charge < -0.3 is 15.4 Å². The highest BCUT2D eigenvalue weighted by molar-refractivity contribution is 7.98. The Balaban J connectivity index is 1.54. The van der Waals surface area contributed by atoms with E-state index in [1.165, 1.54) is 11.8 Å². The molecule has 166 valence electrons. The molecule has 0 radical (unpaired) electrons. The highest BCUT2D eigenvalue weighted by Gasteiger charge is 2.12.